The summed E-state index contributed by atoms with van der Waals surface area (Å²) < 4.78 is 0. The van der Waals surface area contributed by atoms with Crippen LogP contribution in [0.1, 0.15) is 12.8 Å². The summed E-state index contributed by atoms with van der Waals surface area (Å²) in [5, 5.41) is 18.4. The number of hydrogen-bond donors (Lipinski definition) is 0. The number of nitrogens with zero attached hydrogens (tertiary/aromatic N) is 4. The minimum atomic E-state index is -1.26. The van der Waals surface area contributed by atoms with Crippen LogP contribution in [0.2, 0.25) is 0 Å². The summed E-state index contributed by atoms with van der Waals surface area (Å²) in [4.78, 5) is 35.7. The zero-order valence-electron chi connectivity index (χ0n) is 10.6. The Bertz CT molecular complexity index is 692. The van der Waals surface area contributed by atoms with Gasteiger partial charge in [0.15, 0.2) is 5.54 Å². The van der Waals surface area contributed by atoms with Gasteiger partial charge >= 0.3 is 0 Å². The largest absolute Gasteiger partial charge is 0.274 e. The standard InChI is InChI=1S/C12H9ClN4O4/c13-9-5-12(15-14-9)6-10(18)16(11(12)19)7-2-1-3-8(4-7)17(20)21/h1-4,9H,5-6H2/t9-,12+/m0/s1. The number of hydrogen-bond acceptors (Lipinski definition) is 6. The van der Waals surface area contributed by atoms with Crippen molar-refractivity contribution in [3.8, 4) is 0 Å². The maximum absolute atomic E-state index is 12.5. The van der Waals surface area contributed by atoms with Crippen molar-refractivity contribution in [2.75, 3.05) is 4.90 Å². The van der Waals surface area contributed by atoms with Gasteiger partial charge in [-0.3, -0.25) is 19.7 Å². The Morgan fingerprint density at radius 2 is 2.19 bits per heavy atom. The van der Waals surface area contributed by atoms with E-state index in [1.165, 1.54) is 24.3 Å². The molecule has 108 valence electrons. The van der Waals surface area contributed by atoms with E-state index in [2.05, 4.69) is 10.2 Å². The van der Waals surface area contributed by atoms with Gasteiger partial charge in [-0.25, -0.2) is 4.90 Å². The van der Waals surface area contributed by atoms with Crippen LogP contribution in [-0.4, -0.2) is 27.8 Å². The third-order valence-corrected chi connectivity index (χ3v) is 3.72. The Labute approximate surface area is 123 Å². The second kappa shape index (κ2) is 4.59. The lowest BCUT2D eigenvalue weighted by atomic mass is 9.95. The average Bonchev–Trinajstić information content (AvgIpc) is 2.91. The van der Waals surface area contributed by atoms with Crippen LogP contribution >= 0.6 is 11.6 Å². The molecule has 0 unspecified atom stereocenters. The van der Waals surface area contributed by atoms with Gasteiger partial charge in [0.2, 0.25) is 5.91 Å². The average molecular weight is 309 g/mol. The van der Waals surface area contributed by atoms with Gasteiger partial charge in [0.25, 0.3) is 11.6 Å². The monoisotopic (exact) mass is 308 g/mol. The first-order chi connectivity index (χ1) is 9.93. The van der Waals surface area contributed by atoms with Gasteiger partial charge in [-0.2, -0.15) is 10.2 Å². The molecule has 0 aliphatic carbocycles. The third-order valence-electron chi connectivity index (χ3n) is 3.47. The predicted molar refractivity (Wildman–Crippen MR) is 72.1 cm³/mol. The fraction of sp³-hybridized carbons (Fsp3) is 0.333. The zero-order valence-corrected chi connectivity index (χ0v) is 11.4. The van der Waals surface area contributed by atoms with Gasteiger partial charge in [-0.05, 0) is 6.07 Å². The third kappa shape index (κ3) is 2.07. The smallest absolute Gasteiger partial charge is 0.271 e. The highest BCUT2D eigenvalue weighted by Gasteiger charge is 2.56. The zero-order chi connectivity index (χ0) is 15.2. The molecule has 21 heavy (non-hydrogen) atoms. The molecular weight excluding hydrogens is 300 g/mol. The molecule has 2 amide bonds. The molecule has 2 aliphatic rings. The van der Waals surface area contributed by atoms with E-state index in [1.54, 1.807) is 0 Å². The number of non-ortho nitro benzene ring substituents is 1. The van der Waals surface area contributed by atoms with Gasteiger partial charge in [-0.15, -0.1) is 0 Å². The van der Waals surface area contributed by atoms with Crippen molar-refractivity contribution in [2.45, 2.75) is 23.9 Å². The number of anilines is 1. The fourth-order valence-corrected chi connectivity index (χ4v) is 2.80. The highest BCUT2D eigenvalue weighted by molar-refractivity contribution is 6.26. The second-order valence-electron chi connectivity index (χ2n) is 4.87. The Hall–Kier alpha value is -2.35. The number of alkyl halides is 1. The molecule has 1 fully saturated rings. The molecule has 8 nitrogen and oxygen atoms in total. The molecule has 0 bridgehead atoms. The van der Waals surface area contributed by atoms with E-state index in [-0.39, 0.29) is 24.2 Å². The Morgan fingerprint density at radius 1 is 1.43 bits per heavy atom. The number of azo groups is 1. The van der Waals surface area contributed by atoms with Crippen LogP contribution in [0.25, 0.3) is 0 Å². The van der Waals surface area contributed by atoms with Crippen molar-refractivity contribution in [3.63, 3.8) is 0 Å². The predicted octanol–water partition coefficient (Wildman–Crippen LogP) is 2.02. The van der Waals surface area contributed by atoms with E-state index in [0.717, 1.165) is 4.90 Å². The van der Waals surface area contributed by atoms with Crippen LogP contribution in [0.3, 0.4) is 0 Å². The van der Waals surface area contributed by atoms with Gasteiger partial charge < -0.3 is 0 Å². The lowest BCUT2D eigenvalue weighted by Gasteiger charge is -2.17. The molecule has 1 aromatic rings. The molecule has 2 aliphatic heterocycles. The molecule has 0 aromatic heterocycles. The van der Waals surface area contributed by atoms with Crippen molar-refractivity contribution in [1.29, 1.82) is 0 Å². The van der Waals surface area contributed by atoms with Gasteiger partial charge in [0.05, 0.1) is 17.0 Å². The lowest BCUT2D eigenvalue weighted by Crippen LogP contribution is -2.38. The number of carbonyl (C=O) groups is 2. The maximum atomic E-state index is 12.5. The molecule has 3 rings (SSSR count). The Kier molecular flexibility index (Phi) is 2.98. The van der Waals surface area contributed by atoms with E-state index < -0.39 is 27.8 Å². The molecule has 0 N–H and O–H groups in total. The van der Waals surface area contributed by atoms with Crippen molar-refractivity contribution in [3.05, 3.63) is 34.4 Å². The topological polar surface area (TPSA) is 105 Å². The van der Waals surface area contributed by atoms with Crippen LogP contribution < -0.4 is 4.90 Å². The second-order valence-corrected chi connectivity index (χ2v) is 5.38. The van der Waals surface area contributed by atoms with E-state index >= 15 is 0 Å². The van der Waals surface area contributed by atoms with Crippen LogP contribution in [0.15, 0.2) is 34.5 Å². The normalized spacial score (nSPS) is 27.9. The van der Waals surface area contributed by atoms with Crippen LogP contribution in [-0.2, 0) is 9.59 Å². The molecule has 1 saturated heterocycles. The molecule has 1 spiro atoms. The summed E-state index contributed by atoms with van der Waals surface area (Å²) in [7, 11) is 0. The highest BCUT2D eigenvalue weighted by Crippen LogP contribution is 2.41. The number of halogens is 1. The summed E-state index contributed by atoms with van der Waals surface area (Å²) in [6.45, 7) is 0. The molecule has 1 aromatic carbocycles. The molecular formula is C12H9ClN4O4. The van der Waals surface area contributed by atoms with Crippen molar-refractivity contribution in [1.82, 2.24) is 0 Å². The number of benzene rings is 1. The molecule has 0 saturated carbocycles. The van der Waals surface area contributed by atoms with E-state index in [1.807, 2.05) is 0 Å². The SMILES string of the molecule is O=C1C[C@]2(C[C@@H](Cl)N=N2)C(=O)N1c1cccc([N+](=O)[O-])c1. The number of nitro groups is 1. The van der Waals surface area contributed by atoms with Gasteiger partial charge in [0, 0.05) is 18.6 Å². The van der Waals surface area contributed by atoms with Crippen LogP contribution in [0.5, 0.6) is 0 Å². The lowest BCUT2D eigenvalue weighted by molar-refractivity contribution is -0.384. The minimum absolute atomic E-state index is 0.124. The number of carbonyl (C=O) groups excluding carboxylic acids is 2. The summed E-state index contributed by atoms with van der Waals surface area (Å²) in [6, 6.07) is 5.35. The maximum Gasteiger partial charge on any atom is 0.271 e. The summed E-state index contributed by atoms with van der Waals surface area (Å²) in [5.74, 6) is -1.01. The van der Waals surface area contributed by atoms with Crippen molar-refractivity contribution < 1.29 is 14.5 Å². The summed E-state index contributed by atoms with van der Waals surface area (Å²) in [6.07, 6.45) is 0.0335. The quantitative estimate of drug-likeness (QED) is 0.274. The molecule has 2 heterocycles. The van der Waals surface area contributed by atoms with Crippen molar-refractivity contribution in [2.24, 2.45) is 10.2 Å². The van der Waals surface area contributed by atoms with Gasteiger partial charge in [-0.1, -0.05) is 17.7 Å². The number of nitro benzene ring substituents is 1. The molecule has 0 radical (unpaired) electrons. The van der Waals surface area contributed by atoms with Crippen LogP contribution in [0.4, 0.5) is 11.4 Å². The number of imide groups is 1. The number of rotatable bonds is 2. The van der Waals surface area contributed by atoms with Crippen molar-refractivity contribution >= 4 is 34.8 Å². The highest BCUT2D eigenvalue weighted by atomic mass is 35.5. The van der Waals surface area contributed by atoms with E-state index in [0.29, 0.717) is 0 Å². The first-order valence-electron chi connectivity index (χ1n) is 6.11. The Balaban J connectivity index is 1.98. The molecule has 2 atom stereocenters. The van der Waals surface area contributed by atoms with E-state index in [9.17, 15) is 19.7 Å². The van der Waals surface area contributed by atoms with Crippen LogP contribution in [0, 0.1) is 10.1 Å². The summed E-state index contributed by atoms with van der Waals surface area (Å²) >= 11 is 5.82. The number of amides is 2. The fourth-order valence-electron chi connectivity index (χ4n) is 2.50. The summed E-state index contributed by atoms with van der Waals surface area (Å²) in [5.41, 5.74) is -1.93. The minimum Gasteiger partial charge on any atom is -0.274 e. The molecule has 9 heteroatoms. The first-order valence-corrected chi connectivity index (χ1v) is 6.54. The first kappa shape index (κ1) is 13.6. The van der Waals surface area contributed by atoms with E-state index in [4.69, 9.17) is 11.6 Å². The Morgan fingerprint density at radius 3 is 2.81 bits per heavy atom. The van der Waals surface area contributed by atoms with Gasteiger partial charge in [0.1, 0.15) is 5.50 Å².